The Kier molecular flexibility index (Phi) is 6.45. The van der Waals surface area contributed by atoms with Crippen LogP contribution < -0.4 is 15.8 Å². The number of urea groups is 1. The van der Waals surface area contributed by atoms with Crippen molar-refractivity contribution in [2.24, 2.45) is 7.05 Å². The number of aromatic amines is 1. The van der Waals surface area contributed by atoms with Gasteiger partial charge >= 0.3 is 12.2 Å². The van der Waals surface area contributed by atoms with Gasteiger partial charge in [-0.1, -0.05) is 0 Å². The first-order valence-corrected chi connectivity index (χ1v) is 10.9. The number of fused-ring (bicyclic) bond motifs is 1. The lowest BCUT2D eigenvalue weighted by molar-refractivity contribution is -0.138. The third-order valence-corrected chi connectivity index (χ3v) is 6.28. The summed E-state index contributed by atoms with van der Waals surface area (Å²) >= 11 is 0. The average Bonchev–Trinajstić information content (AvgIpc) is 3.20. The van der Waals surface area contributed by atoms with Gasteiger partial charge in [-0.2, -0.15) is 13.2 Å². The molecule has 2 N–H and O–H groups in total. The monoisotopic (exact) mass is 493 g/mol. The summed E-state index contributed by atoms with van der Waals surface area (Å²) in [7, 11) is 4.25. The number of pyridine rings is 1. The van der Waals surface area contributed by atoms with Crippen molar-refractivity contribution in [3.8, 4) is 0 Å². The average molecular weight is 493 g/mol. The molecular weight excluding hydrogens is 467 g/mol. The number of carbonyl (C=O) groups is 1. The minimum absolute atomic E-state index is 0.378. The number of amides is 2. The van der Waals surface area contributed by atoms with Gasteiger partial charge in [-0.15, -0.1) is 0 Å². The van der Waals surface area contributed by atoms with E-state index in [0.29, 0.717) is 43.2 Å². The third kappa shape index (κ3) is 4.81. The van der Waals surface area contributed by atoms with Gasteiger partial charge in [0.05, 0.1) is 23.9 Å². The number of hydrogen-bond acceptors (Lipinski definition) is 6. The molecule has 13 heteroatoms. The third-order valence-electron chi connectivity index (χ3n) is 6.28. The van der Waals surface area contributed by atoms with Gasteiger partial charge in [-0.3, -0.25) is 4.79 Å². The summed E-state index contributed by atoms with van der Waals surface area (Å²) in [6, 6.07) is -0.440. The minimum Gasteiger partial charge on any atom is -0.377 e. The maximum absolute atomic E-state index is 13.2. The van der Waals surface area contributed by atoms with Crippen LogP contribution in [0.3, 0.4) is 0 Å². The second kappa shape index (κ2) is 9.21. The Labute approximate surface area is 198 Å². The number of nitrogens with one attached hydrogen (secondary N) is 2. The molecule has 3 aromatic rings. The van der Waals surface area contributed by atoms with Crippen molar-refractivity contribution in [2.75, 3.05) is 37.5 Å². The van der Waals surface area contributed by atoms with Gasteiger partial charge < -0.3 is 29.4 Å². The lowest BCUT2D eigenvalue weighted by Gasteiger charge is -2.42. The first kappa shape index (κ1) is 24.5. The fraction of sp³-hybridized carbons (Fsp3) is 0.455. The van der Waals surface area contributed by atoms with E-state index in [1.807, 2.05) is 18.0 Å². The zero-order valence-electron chi connectivity index (χ0n) is 19.7. The number of H-pyrrole nitrogens is 1. The molecule has 2 atom stereocenters. The molecule has 1 aliphatic rings. The van der Waals surface area contributed by atoms with Gasteiger partial charge in [0.25, 0.3) is 5.56 Å². The Morgan fingerprint density at radius 1 is 1.37 bits per heavy atom. The van der Waals surface area contributed by atoms with Gasteiger partial charge in [0.15, 0.2) is 5.65 Å². The number of halogens is 3. The highest BCUT2D eigenvalue weighted by atomic mass is 19.4. The summed E-state index contributed by atoms with van der Waals surface area (Å²) in [5, 5.41) is 2.33. The Balaban J connectivity index is 1.49. The Morgan fingerprint density at radius 3 is 2.80 bits per heavy atom. The Morgan fingerprint density at radius 2 is 2.11 bits per heavy atom. The fourth-order valence-corrected chi connectivity index (χ4v) is 4.25. The van der Waals surface area contributed by atoms with E-state index in [-0.39, 0.29) is 6.04 Å². The summed E-state index contributed by atoms with van der Waals surface area (Å²) in [6.07, 6.45) is -0.360. The van der Waals surface area contributed by atoms with Crippen LogP contribution in [0, 0.1) is 6.92 Å². The van der Waals surface area contributed by atoms with Crippen molar-refractivity contribution < 1.29 is 22.7 Å². The van der Waals surface area contributed by atoms with E-state index >= 15 is 0 Å². The molecular formula is C22H26F3N7O3. The molecule has 0 aliphatic carbocycles. The maximum Gasteiger partial charge on any atom is 0.417 e. The van der Waals surface area contributed by atoms with E-state index in [1.165, 1.54) is 26.1 Å². The van der Waals surface area contributed by atoms with Crippen LogP contribution in [-0.4, -0.2) is 69.8 Å². The van der Waals surface area contributed by atoms with Crippen molar-refractivity contribution in [1.82, 2.24) is 24.4 Å². The van der Waals surface area contributed by atoms with Crippen LogP contribution in [0.2, 0.25) is 0 Å². The summed E-state index contributed by atoms with van der Waals surface area (Å²) in [5.41, 5.74) is 0.225. The van der Waals surface area contributed by atoms with Crippen LogP contribution in [0.5, 0.6) is 0 Å². The standard InChI is InChI=1S/C22H26F3N7O3/c1-12-8-26-19-18(12)29-17(9-27-19)32-6-5-15(16(11-32)35-4)31(3)21(34)28-14-7-13(22(23,24)25)10-30(2)20(14)33/h7-10,15-16H,5-6,11H2,1-4H3,(H,26,27)(H,28,34)/t15?,16-/m1/s1. The van der Waals surface area contributed by atoms with Crippen LogP contribution in [0.25, 0.3) is 11.2 Å². The first-order valence-electron chi connectivity index (χ1n) is 10.9. The Hall–Kier alpha value is -3.61. The Bertz CT molecular complexity index is 1300. The number of hydrogen-bond donors (Lipinski definition) is 2. The zero-order valence-corrected chi connectivity index (χ0v) is 19.7. The number of likely N-dealkylation sites (N-methyl/N-ethyl adjacent to an activating group) is 1. The molecule has 0 saturated carbocycles. The molecule has 3 aromatic heterocycles. The van der Waals surface area contributed by atoms with Crippen LogP contribution in [0.1, 0.15) is 17.5 Å². The normalized spacial score (nSPS) is 18.7. The number of nitrogens with zero attached hydrogens (tertiary/aromatic N) is 5. The second-order valence-corrected chi connectivity index (χ2v) is 8.57. The number of piperidine rings is 1. The van der Waals surface area contributed by atoms with E-state index in [2.05, 4.69) is 20.3 Å². The summed E-state index contributed by atoms with van der Waals surface area (Å²) in [6.45, 7) is 2.91. The van der Waals surface area contributed by atoms with Gasteiger partial charge in [-0.25, -0.2) is 14.8 Å². The van der Waals surface area contributed by atoms with Crippen LogP contribution in [0.4, 0.5) is 29.5 Å². The van der Waals surface area contributed by atoms with E-state index in [9.17, 15) is 22.8 Å². The predicted molar refractivity (Wildman–Crippen MR) is 124 cm³/mol. The molecule has 4 rings (SSSR count). The summed E-state index contributed by atoms with van der Waals surface area (Å²) in [5.74, 6) is 0.681. The number of aromatic nitrogens is 4. The van der Waals surface area contributed by atoms with Crippen LogP contribution in [0.15, 0.2) is 29.5 Å². The largest absolute Gasteiger partial charge is 0.417 e. The molecule has 1 fully saturated rings. The highest BCUT2D eigenvalue weighted by Crippen LogP contribution is 2.30. The molecule has 35 heavy (non-hydrogen) atoms. The quantitative estimate of drug-likeness (QED) is 0.579. The number of aryl methyl sites for hydroxylation is 2. The van der Waals surface area contributed by atoms with Crippen LogP contribution in [-0.2, 0) is 18.0 Å². The molecule has 1 unspecified atom stereocenters. The summed E-state index contributed by atoms with van der Waals surface area (Å²) in [4.78, 5) is 40.7. The van der Waals surface area contributed by atoms with E-state index in [1.54, 1.807) is 6.20 Å². The molecule has 0 spiro atoms. The van der Waals surface area contributed by atoms with Crippen molar-refractivity contribution in [2.45, 2.75) is 31.7 Å². The lowest BCUT2D eigenvalue weighted by atomic mass is 10.0. The number of alkyl halides is 3. The highest BCUT2D eigenvalue weighted by molar-refractivity contribution is 5.89. The van der Waals surface area contributed by atoms with Crippen molar-refractivity contribution in [3.63, 3.8) is 0 Å². The van der Waals surface area contributed by atoms with Gasteiger partial charge in [0.2, 0.25) is 0 Å². The topological polar surface area (TPSA) is 108 Å². The highest BCUT2D eigenvalue weighted by Gasteiger charge is 2.36. The molecule has 188 valence electrons. The number of ether oxygens (including phenoxy) is 1. The van der Waals surface area contributed by atoms with Crippen molar-refractivity contribution in [3.05, 3.63) is 46.1 Å². The lowest BCUT2D eigenvalue weighted by Crippen LogP contribution is -2.56. The van der Waals surface area contributed by atoms with Crippen LogP contribution >= 0.6 is 0 Å². The van der Waals surface area contributed by atoms with Crippen molar-refractivity contribution in [1.29, 1.82) is 0 Å². The van der Waals surface area contributed by atoms with Gasteiger partial charge in [-0.05, 0) is 25.0 Å². The number of anilines is 2. The smallest absolute Gasteiger partial charge is 0.377 e. The SMILES string of the molecule is CO[C@@H]1CN(c2cnc3[nH]cc(C)c3n2)CCC1N(C)C(=O)Nc1cc(C(F)(F)F)cn(C)c1=O. The molecule has 10 nitrogen and oxygen atoms in total. The number of methoxy groups -OCH3 is 1. The molecule has 1 saturated heterocycles. The van der Waals surface area contributed by atoms with Gasteiger partial charge in [0, 0.05) is 46.7 Å². The minimum atomic E-state index is -4.66. The molecule has 2 amide bonds. The first-order chi connectivity index (χ1) is 16.5. The number of rotatable bonds is 4. The van der Waals surface area contributed by atoms with Gasteiger partial charge in [0.1, 0.15) is 17.0 Å². The maximum atomic E-state index is 13.2. The molecule has 0 aromatic carbocycles. The predicted octanol–water partition coefficient (Wildman–Crippen LogP) is 2.74. The summed E-state index contributed by atoms with van der Waals surface area (Å²) < 4.78 is 45.9. The second-order valence-electron chi connectivity index (χ2n) is 8.57. The molecule has 0 radical (unpaired) electrons. The van der Waals surface area contributed by atoms with E-state index in [0.717, 1.165) is 15.6 Å². The molecule has 0 bridgehead atoms. The van der Waals surface area contributed by atoms with E-state index < -0.39 is 35.1 Å². The number of carbonyl (C=O) groups excluding carboxylic acids is 1. The molecule has 4 heterocycles. The fourth-order valence-electron chi connectivity index (χ4n) is 4.25. The molecule has 1 aliphatic heterocycles. The van der Waals surface area contributed by atoms with E-state index in [4.69, 9.17) is 4.74 Å². The van der Waals surface area contributed by atoms with Crippen molar-refractivity contribution >= 4 is 28.7 Å². The zero-order chi connectivity index (χ0) is 25.5.